The van der Waals surface area contributed by atoms with E-state index in [1.54, 1.807) is 17.6 Å². The number of fused-ring (bicyclic) bond motifs is 1. The van der Waals surface area contributed by atoms with Gasteiger partial charge in [-0.25, -0.2) is 9.78 Å². The number of carbonyl (C=O) groups is 1. The summed E-state index contributed by atoms with van der Waals surface area (Å²) < 4.78 is 7.00. The molecule has 0 amide bonds. The summed E-state index contributed by atoms with van der Waals surface area (Å²) in [6, 6.07) is 7.72. The molecule has 0 unspecified atom stereocenters. The van der Waals surface area contributed by atoms with Crippen LogP contribution in [0.2, 0.25) is 5.02 Å². The third kappa shape index (κ3) is 3.33. The molecule has 1 aliphatic rings. The molecule has 0 N–H and O–H groups in total. The predicted octanol–water partition coefficient (Wildman–Crippen LogP) is 4.09. The van der Waals surface area contributed by atoms with Crippen molar-refractivity contribution in [3.05, 3.63) is 46.7 Å². The minimum absolute atomic E-state index is 0.309. The number of anilines is 1. The molecule has 0 spiro atoms. The fourth-order valence-electron chi connectivity index (χ4n) is 3.47. The van der Waals surface area contributed by atoms with E-state index in [1.165, 1.54) is 0 Å². The molecule has 8 heteroatoms. The van der Waals surface area contributed by atoms with Gasteiger partial charge in [0, 0.05) is 46.9 Å². The van der Waals surface area contributed by atoms with Gasteiger partial charge in [0.25, 0.3) is 0 Å². The van der Waals surface area contributed by atoms with Gasteiger partial charge in [0.05, 0.1) is 12.3 Å². The zero-order chi connectivity index (χ0) is 19.7. The number of hydrogen-bond donors (Lipinski definition) is 0. The summed E-state index contributed by atoms with van der Waals surface area (Å²) in [6.07, 6.45) is 1.79. The number of hydrogen-bond acceptors (Lipinski definition) is 6. The number of esters is 1. The molecule has 3 aromatic rings. The van der Waals surface area contributed by atoms with E-state index in [0.29, 0.717) is 28.5 Å². The molecule has 1 fully saturated rings. The van der Waals surface area contributed by atoms with E-state index in [-0.39, 0.29) is 0 Å². The molecule has 1 aromatic carbocycles. The van der Waals surface area contributed by atoms with Crippen molar-refractivity contribution in [2.75, 3.05) is 36.1 Å². The lowest BCUT2D eigenvalue weighted by atomic mass is 10.1. The van der Waals surface area contributed by atoms with Gasteiger partial charge in [-0.15, -0.1) is 0 Å². The number of thioether (sulfide) groups is 1. The van der Waals surface area contributed by atoms with Gasteiger partial charge in [-0.3, -0.25) is 0 Å². The Labute approximate surface area is 172 Å². The van der Waals surface area contributed by atoms with Crippen molar-refractivity contribution < 1.29 is 9.53 Å². The fourth-order valence-corrected chi connectivity index (χ4v) is 4.61. The van der Waals surface area contributed by atoms with Crippen molar-refractivity contribution in [3.8, 4) is 11.1 Å². The monoisotopic (exact) mass is 416 g/mol. The highest BCUT2D eigenvalue weighted by Crippen LogP contribution is 2.36. The molecule has 28 heavy (non-hydrogen) atoms. The second-order valence-electron chi connectivity index (χ2n) is 6.49. The van der Waals surface area contributed by atoms with Crippen LogP contribution in [-0.4, -0.2) is 51.8 Å². The Bertz CT molecular complexity index is 1030. The van der Waals surface area contributed by atoms with Crippen LogP contribution in [0.15, 0.2) is 30.5 Å². The number of nitrogens with zero attached hydrogens (tertiary/aromatic N) is 4. The third-order valence-corrected chi connectivity index (χ3v) is 6.02. The minimum atomic E-state index is -0.395. The van der Waals surface area contributed by atoms with Gasteiger partial charge in [-0.2, -0.15) is 21.4 Å². The van der Waals surface area contributed by atoms with Gasteiger partial charge >= 0.3 is 5.97 Å². The highest BCUT2D eigenvalue weighted by molar-refractivity contribution is 7.99. The number of rotatable bonds is 4. The summed E-state index contributed by atoms with van der Waals surface area (Å²) in [6.45, 7) is 5.71. The van der Waals surface area contributed by atoms with E-state index in [4.69, 9.17) is 16.3 Å². The standard InChI is InChI=1S/C20H21ClN4O2S/c1-3-27-20(26)17-13(2)23-25-18(17)22-12-15(14-6-4-5-7-16(14)21)19(25)24-8-10-28-11-9-24/h4-7,12H,3,8-11H2,1-2H3. The number of carbonyl (C=O) groups excluding carboxylic acids is 1. The maximum absolute atomic E-state index is 12.5. The van der Waals surface area contributed by atoms with Gasteiger partial charge in [0.15, 0.2) is 5.65 Å². The Balaban J connectivity index is 1.98. The van der Waals surface area contributed by atoms with Crippen molar-refractivity contribution in [1.82, 2.24) is 14.6 Å². The van der Waals surface area contributed by atoms with Crippen molar-refractivity contribution in [3.63, 3.8) is 0 Å². The van der Waals surface area contributed by atoms with E-state index >= 15 is 0 Å². The zero-order valence-electron chi connectivity index (χ0n) is 15.8. The molecule has 0 radical (unpaired) electrons. The molecule has 4 rings (SSSR count). The van der Waals surface area contributed by atoms with E-state index in [2.05, 4.69) is 15.0 Å². The average Bonchev–Trinajstić information content (AvgIpc) is 3.04. The number of ether oxygens (including phenoxy) is 1. The van der Waals surface area contributed by atoms with Gasteiger partial charge in [0.2, 0.25) is 0 Å². The summed E-state index contributed by atoms with van der Waals surface area (Å²) in [5.74, 6) is 2.60. The van der Waals surface area contributed by atoms with Crippen LogP contribution in [-0.2, 0) is 4.74 Å². The van der Waals surface area contributed by atoms with E-state index in [0.717, 1.165) is 41.5 Å². The predicted molar refractivity (Wildman–Crippen MR) is 114 cm³/mol. The second kappa shape index (κ2) is 8.01. The second-order valence-corrected chi connectivity index (χ2v) is 8.12. The molecule has 1 aliphatic heterocycles. The Morgan fingerprint density at radius 1 is 1.25 bits per heavy atom. The first-order chi connectivity index (χ1) is 13.6. The SMILES string of the molecule is CCOC(=O)c1c(C)nn2c(N3CCSCC3)c(-c3ccccc3Cl)cnc12. The van der Waals surface area contributed by atoms with Crippen molar-refractivity contribution in [1.29, 1.82) is 0 Å². The number of aromatic nitrogens is 3. The third-order valence-electron chi connectivity index (χ3n) is 4.75. The maximum Gasteiger partial charge on any atom is 0.343 e. The molecule has 0 saturated carbocycles. The summed E-state index contributed by atoms with van der Waals surface area (Å²) in [5, 5.41) is 5.33. The highest BCUT2D eigenvalue weighted by atomic mass is 35.5. The Kier molecular flexibility index (Phi) is 5.46. The summed E-state index contributed by atoms with van der Waals surface area (Å²) in [5.41, 5.74) is 3.34. The number of aryl methyl sites for hydroxylation is 1. The topological polar surface area (TPSA) is 59.7 Å². The molecule has 3 heterocycles. The van der Waals surface area contributed by atoms with Gasteiger partial charge in [-0.05, 0) is 19.9 Å². The quantitative estimate of drug-likeness (QED) is 0.597. The highest BCUT2D eigenvalue weighted by Gasteiger charge is 2.26. The molecule has 146 valence electrons. The van der Waals surface area contributed by atoms with Gasteiger partial charge in [0.1, 0.15) is 11.4 Å². The largest absolute Gasteiger partial charge is 0.462 e. The van der Waals surface area contributed by atoms with Gasteiger partial charge in [-0.1, -0.05) is 29.8 Å². The molecular weight excluding hydrogens is 396 g/mol. The van der Waals surface area contributed by atoms with Crippen molar-refractivity contribution in [2.45, 2.75) is 13.8 Å². The van der Waals surface area contributed by atoms with E-state index in [1.807, 2.05) is 43.0 Å². The molecular formula is C20H21ClN4O2S. The number of benzene rings is 1. The Hall–Kier alpha value is -2.25. The fraction of sp³-hybridized carbons (Fsp3) is 0.350. The van der Waals surface area contributed by atoms with Crippen LogP contribution in [0.25, 0.3) is 16.8 Å². The lowest BCUT2D eigenvalue weighted by Gasteiger charge is -2.30. The molecule has 6 nitrogen and oxygen atoms in total. The Morgan fingerprint density at radius 2 is 2.00 bits per heavy atom. The average molecular weight is 417 g/mol. The summed E-state index contributed by atoms with van der Waals surface area (Å²) in [4.78, 5) is 19.4. The van der Waals surface area contributed by atoms with Crippen LogP contribution in [0.3, 0.4) is 0 Å². The van der Waals surface area contributed by atoms with Crippen LogP contribution >= 0.6 is 23.4 Å². The minimum Gasteiger partial charge on any atom is -0.462 e. The van der Waals surface area contributed by atoms with Crippen LogP contribution in [0.5, 0.6) is 0 Å². The van der Waals surface area contributed by atoms with E-state index in [9.17, 15) is 4.79 Å². The smallest absolute Gasteiger partial charge is 0.343 e. The molecule has 0 atom stereocenters. The maximum atomic E-state index is 12.5. The first-order valence-electron chi connectivity index (χ1n) is 9.25. The van der Waals surface area contributed by atoms with Crippen molar-refractivity contribution in [2.24, 2.45) is 0 Å². The lowest BCUT2D eigenvalue weighted by Crippen LogP contribution is -2.34. The summed E-state index contributed by atoms with van der Waals surface area (Å²) in [7, 11) is 0. The first-order valence-corrected chi connectivity index (χ1v) is 10.8. The molecule has 0 bridgehead atoms. The Morgan fingerprint density at radius 3 is 2.71 bits per heavy atom. The van der Waals surface area contributed by atoms with Crippen molar-refractivity contribution >= 4 is 40.8 Å². The zero-order valence-corrected chi connectivity index (χ0v) is 17.4. The van der Waals surface area contributed by atoms with Crippen LogP contribution in [0.4, 0.5) is 5.82 Å². The number of halogens is 1. The van der Waals surface area contributed by atoms with Crippen LogP contribution in [0, 0.1) is 6.92 Å². The lowest BCUT2D eigenvalue weighted by molar-refractivity contribution is 0.0527. The molecule has 1 saturated heterocycles. The molecule has 2 aromatic heterocycles. The van der Waals surface area contributed by atoms with Gasteiger partial charge < -0.3 is 9.64 Å². The van der Waals surface area contributed by atoms with E-state index < -0.39 is 5.97 Å². The van der Waals surface area contributed by atoms with Crippen LogP contribution in [0.1, 0.15) is 23.0 Å². The summed E-state index contributed by atoms with van der Waals surface area (Å²) >= 11 is 8.43. The van der Waals surface area contributed by atoms with Crippen LogP contribution < -0.4 is 4.90 Å². The first kappa shape index (κ1) is 19.1. The molecule has 0 aliphatic carbocycles. The normalized spacial score (nSPS) is 14.5.